The third-order valence-electron chi connectivity index (χ3n) is 2.80. The number of likely N-dealkylation sites (N-methyl/N-ethyl adjacent to an activating group) is 1. The minimum atomic E-state index is -0.0688. The van der Waals surface area contributed by atoms with Crippen molar-refractivity contribution in [1.29, 1.82) is 0 Å². The summed E-state index contributed by atoms with van der Waals surface area (Å²) in [5.74, 6) is 0.895. The van der Waals surface area contributed by atoms with Gasteiger partial charge in [-0.15, -0.1) is 0 Å². The highest BCUT2D eigenvalue weighted by atomic mass is 16.2. The summed E-state index contributed by atoms with van der Waals surface area (Å²) >= 11 is 0. The zero-order valence-electron chi connectivity index (χ0n) is 11.3. The fourth-order valence-corrected chi connectivity index (χ4v) is 1.66. The molecule has 96 valence electrons. The van der Waals surface area contributed by atoms with Crippen LogP contribution in [0.1, 0.15) is 52.9 Å². The molecule has 0 aromatic heterocycles. The first kappa shape index (κ1) is 15.4. The smallest absolute Gasteiger partial charge is 0.236 e. The van der Waals surface area contributed by atoms with Crippen LogP contribution in [0.5, 0.6) is 0 Å². The lowest BCUT2D eigenvalue weighted by molar-refractivity contribution is -0.122. The Balaban J connectivity index is 3.24. The van der Waals surface area contributed by atoms with Gasteiger partial charge in [0.1, 0.15) is 0 Å². The van der Waals surface area contributed by atoms with E-state index in [2.05, 4.69) is 24.5 Å². The first-order valence-electron chi connectivity index (χ1n) is 6.53. The molecule has 0 spiro atoms. The molecular weight excluding hydrogens is 200 g/mol. The van der Waals surface area contributed by atoms with Crippen molar-refractivity contribution >= 4 is 5.91 Å². The Labute approximate surface area is 100 Å². The highest BCUT2D eigenvalue weighted by molar-refractivity contribution is 5.80. The Bertz CT molecular complexity index is 181. The molecule has 1 atom stereocenters. The number of amides is 1. The van der Waals surface area contributed by atoms with Crippen LogP contribution in [0, 0.1) is 5.92 Å². The van der Waals surface area contributed by atoms with Crippen molar-refractivity contribution in [2.45, 2.75) is 58.9 Å². The maximum absolute atomic E-state index is 11.2. The third-order valence-corrected chi connectivity index (χ3v) is 2.80. The van der Waals surface area contributed by atoms with Gasteiger partial charge in [-0.2, -0.15) is 0 Å². The number of unbranched alkanes of at least 4 members (excludes halogenated alkanes) is 3. The minimum absolute atomic E-state index is 0.0688. The van der Waals surface area contributed by atoms with Gasteiger partial charge in [0, 0.05) is 7.05 Å². The molecule has 16 heavy (non-hydrogen) atoms. The fourth-order valence-electron chi connectivity index (χ4n) is 1.66. The molecule has 0 saturated heterocycles. The van der Waals surface area contributed by atoms with Gasteiger partial charge < -0.3 is 10.6 Å². The van der Waals surface area contributed by atoms with Gasteiger partial charge in [0.2, 0.25) is 5.91 Å². The van der Waals surface area contributed by atoms with Crippen LogP contribution < -0.4 is 10.6 Å². The number of carbonyl (C=O) groups excluding carboxylic acids is 1. The topological polar surface area (TPSA) is 41.1 Å². The SMILES string of the molecule is CNC(=O)C(C)NCCCCCCC(C)C. The molecule has 0 heterocycles. The quantitative estimate of drug-likeness (QED) is 0.595. The summed E-state index contributed by atoms with van der Waals surface area (Å²) in [4.78, 5) is 11.2. The van der Waals surface area contributed by atoms with E-state index < -0.39 is 0 Å². The normalized spacial score (nSPS) is 12.8. The molecule has 0 rings (SSSR count). The van der Waals surface area contributed by atoms with E-state index in [9.17, 15) is 4.79 Å². The predicted molar refractivity (Wildman–Crippen MR) is 69.5 cm³/mol. The Morgan fingerprint density at radius 1 is 1.06 bits per heavy atom. The van der Waals surface area contributed by atoms with Crippen LogP contribution in [-0.2, 0) is 4.79 Å². The van der Waals surface area contributed by atoms with Gasteiger partial charge in [-0.3, -0.25) is 4.79 Å². The van der Waals surface area contributed by atoms with Gasteiger partial charge in [-0.05, 0) is 25.8 Å². The van der Waals surface area contributed by atoms with E-state index in [-0.39, 0.29) is 11.9 Å². The summed E-state index contributed by atoms with van der Waals surface area (Å²) in [6.45, 7) is 7.38. The van der Waals surface area contributed by atoms with Crippen LogP contribution in [0.4, 0.5) is 0 Å². The van der Waals surface area contributed by atoms with Crippen LogP contribution in [0.3, 0.4) is 0 Å². The van der Waals surface area contributed by atoms with Crippen LogP contribution in [0.2, 0.25) is 0 Å². The molecule has 0 bridgehead atoms. The van der Waals surface area contributed by atoms with Gasteiger partial charge >= 0.3 is 0 Å². The average Bonchev–Trinajstić information content (AvgIpc) is 2.25. The summed E-state index contributed by atoms with van der Waals surface area (Å²) in [6, 6.07) is -0.0688. The Kier molecular flexibility index (Phi) is 9.30. The summed E-state index contributed by atoms with van der Waals surface area (Å²) in [7, 11) is 1.67. The molecule has 3 nitrogen and oxygen atoms in total. The summed E-state index contributed by atoms with van der Waals surface area (Å²) in [5.41, 5.74) is 0. The maximum Gasteiger partial charge on any atom is 0.236 e. The molecular formula is C13H28N2O. The second-order valence-electron chi connectivity index (χ2n) is 4.89. The van der Waals surface area contributed by atoms with E-state index in [1.54, 1.807) is 7.05 Å². The van der Waals surface area contributed by atoms with Crippen molar-refractivity contribution in [3.8, 4) is 0 Å². The van der Waals surface area contributed by atoms with Crippen LogP contribution in [0.15, 0.2) is 0 Å². The minimum Gasteiger partial charge on any atom is -0.358 e. The largest absolute Gasteiger partial charge is 0.358 e. The van der Waals surface area contributed by atoms with E-state index in [1.807, 2.05) is 6.92 Å². The third kappa shape index (κ3) is 8.72. The molecule has 0 saturated carbocycles. The van der Waals surface area contributed by atoms with Gasteiger partial charge in [0.25, 0.3) is 0 Å². The molecule has 0 aliphatic carbocycles. The van der Waals surface area contributed by atoms with Crippen molar-refractivity contribution in [2.24, 2.45) is 5.92 Å². The van der Waals surface area contributed by atoms with Crippen molar-refractivity contribution in [3.63, 3.8) is 0 Å². The van der Waals surface area contributed by atoms with Gasteiger partial charge in [0.05, 0.1) is 6.04 Å². The van der Waals surface area contributed by atoms with Crippen molar-refractivity contribution in [1.82, 2.24) is 10.6 Å². The standard InChI is InChI=1S/C13H28N2O/c1-11(2)9-7-5-6-8-10-15-12(3)13(16)14-4/h11-12,15H,5-10H2,1-4H3,(H,14,16). The average molecular weight is 228 g/mol. The van der Waals surface area contributed by atoms with E-state index in [1.165, 1.54) is 32.1 Å². The summed E-state index contributed by atoms with van der Waals surface area (Å²) < 4.78 is 0. The lowest BCUT2D eigenvalue weighted by Gasteiger charge is -2.11. The van der Waals surface area contributed by atoms with Gasteiger partial charge in [-0.1, -0.05) is 39.5 Å². The van der Waals surface area contributed by atoms with Crippen LogP contribution >= 0.6 is 0 Å². The first-order chi connectivity index (χ1) is 7.57. The van der Waals surface area contributed by atoms with Crippen molar-refractivity contribution in [3.05, 3.63) is 0 Å². The van der Waals surface area contributed by atoms with E-state index in [4.69, 9.17) is 0 Å². The Morgan fingerprint density at radius 2 is 1.69 bits per heavy atom. The van der Waals surface area contributed by atoms with E-state index in [0.717, 1.165) is 12.5 Å². The van der Waals surface area contributed by atoms with E-state index in [0.29, 0.717) is 0 Å². The monoisotopic (exact) mass is 228 g/mol. The van der Waals surface area contributed by atoms with Gasteiger partial charge in [0.15, 0.2) is 0 Å². The van der Waals surface area contributed by atoms with Gasteiger partial charge in [-0.25, -0.2) is 0 Å². The molecule has 0 fully saturated rings. The molecule has 1 unspecified atom stereocenters. The zero-order chi connectivity index (χ0) is 12.4. The summed E-state index contributed by atoms with van der Waals surface area (Å²) in [5, 5.41) is 5.86. The second kappa shape index (κ2) is 9.64. The summed E-state index contributed by atoms with van der Waals surface area (Å²) in [6.07, 6.45) is 6.42. The molecule has 0 aliphatic rings. The second-order valence-corrected chi connectivity index (χ2v) is 4.89. The molecule has 0 aromatic rings. The Hall–Kier alpha value is -0.570. The first-order valence-corrected chi connectivity index (χ1v) is 6.53. The predicted octanol–water partition coefficient (Wildman–Crippen LogP) is 2.32. The van der Waals surface area contributed by atoms with Crippen LogP contribution in [0.25, 0.3) is 0 Å². The van der Waals surface area contributed by atoms with Crippen LogP contribution in [-0.4, -0.2) is 25.5 Å². The molecule has 1 amide bonds. The molecule has 0 aliphatic heterocycles. The Morgan fingerprint density at radius 3 is 2.25 bits per heavy atom. The highest BCUT2D eigenvalue weighted by Crippen LogP contribution is 2.08. The number of nitrogens with one attached hydrogen (secondary N) is 2. The number of hydrogen-bond acceptors (Lipinski definition) is 2. The highest BCUT2D eigenvalue weighted by Gasteiger charge is 2.08. The van der Waals surface area contributed by atoms with E-state index >= 15 is 0 Å². The van der Waals surface area contributed by atoms with Crippen molar-refractivity contribution in [2.75, 3.05) is 13.6 Å². The zero-order valence-corrected chi connectivity index (χ0v) is 11.3. The molecule has 3 heteroatoms. The lowest BCUT2D eigenvalue weighted by atomic mass is 10.0. The maximum atomic E-state index is 11.2. The number of hydrogen-bond donors (Lipinski definition) is 2. The molecule has 0 radical (unpaired) electrons. The fraction of sp³-hybridized carbons (Fsp3) is 0.923. The molecule has 2 N–H and O–H groups in total. The number of carbonyl (C=O) groups is 1. The number of rotatable bonds is 9. The molecule has 0 aromatic carbocycles. The van der Waals surface area contributed by atoms with Crippen molar-refractivity contribution < 1.29 is 4.79 Å². The lowest BCUT2D eigenvalue weighted by Crippen LogP contribution is -2.40.